The Kier molecular flexibility index (Phi) is 5.83. The average molecular weight is 423 g/mol. The van der Waals surface area contributed by atoms with Crippen LogP contribution in [0.5, 0.6) is 0 Å². The molecule has 1 atom stereocenters. The van der Waals surface area contributed by atoms with E-state index < -0.39 is 0 Å². The molecule has 146 valence electrons. The van der Waals surface area contributed by atoms with Gasteiger partial charge in [-0.1, -0.05) is 65.8 Å². The number of hydrogen-bond donors (Lipinski definition) is 1. The standard InChI is InChI=1S/C22H19ClN4OS/c1-15(17-10-9-16-5-2-3-6-18(16)11-17)25-21(28)13-29-22-26-24-14-27(22)20-8-4-7-19(23)12-20/h2-12,14-15H,13H2,1H3,(H,25,28). The highest BCUT2D eigenvalue weighted by Gasteiger charge is 2.13. The summed E-state index contributed by atoms with van der Waals surface area (Å²) in [7, 11) is 0. The second-order valence-corrected chi connectivity index (χ2v) is 8.03. The van der Waals surface area contributed by atoms with E-state index in [2.05, 4.69) is 45.8 Å². The SMILES string of the molecule is CC(NC(=O)CSc1nncn1-c1cccc(Cl)c1)c1ccc2ccccc2c1. The van der Waals surface area contributed by atoms with Crippen molar-refractivity contribution in [3.8, 4) is 5.69 Å². The van der Waals surface area contributed by atoms with Gasteiger partial charge in [-0.25, -0.2) is 0 Å². The maximum absolute atomic E-state index is 12.5. The zero-order valence-corrected chi connectivity index (χ0v) is 17.3. The molecule has 1 amide bonds. The summed E-state index contributed by atoms with van der Waals surface area (Å²) in [6.45, 7) is 1.99. The molecule has 4 aromatic rings. The molecular formula is C22H19ClN4OS. The second kappa shape index (κ2) is 8.68. The molecule has 0 aliphatic heterocycles. The molecule has 0 aliphatic carbocycles. The molecule has 0 bridgehead atoms. The van der Waals surface area contributed by atoms with Crippen molar-refractivity contribution in [1.29, 1.82) is 0 Å². The lowest BCUT2D eigenvalue weighted by Crippen LogP contribution is -2.28. The first kappa shape index (κ1) is 19.5. The minimum absolute atomic E-state index is 0.0590. The Morgan fingerprint density at radius 1 is 1.10 bits per heavy atom. The highest BCUT2D eigenvalue weighted by atomic mass is 35.5. The first-order valence-corrected chi connectivity index (χ1v) is 10.5. The average Bonchev–Trinajstić information content (AvgIpc) is 3.20. The minimum Gasteiger partial charge on any atom is -0.349 e. The number of halogens is 1. The van der Waals surface area contributed by atoms with E-state index in [1.165, 1.54) is 17.1 Å². The lowest BCUT2D eigenvalue weighted by molar-refractivity contribution is -0.119. The molecule has 1 heterocycles. The summed E-state index contributed by atoms with van der Waals surface area (Å²) in [4.78, 5) is 12.5. The van der Waals surface area contributed by atoms with Crippen LogP contribution in [0.1, 0.15) is 18.5 Å². The number of benzene rings is 3. The van der Waals surface area contributed by atoms with E-state index in [4.69, 9.17) is 11.6 Å². The van der Waals surface area contributed by atoms with E-state index in [1.807, 2.05) is 47.9 Å². The third-order valence-corrected chi connectivity index (χ3v) is 5.76. The van der Waals surface area contributed by atoms with Crippen LogP contribution in [0.2, 0.25) is 5.02 Å². The van der Waals surface area contributed by atoms with Crippen molar-refractivity contribution in [3.05, 3.63) is 83.6 Å². The summed E-state index contributed by atoms with van der Waals surface area (Å²) < 4.78 is 1.82. The van der Waals surface area contributed by atoms with E-state index in [0.29, 0.717) is 10.2 Å². The molecule has 0 saturated carbocycles. The van der Waals surface area contributed by atoms with Gasteiger partial charge in [0.05, 0.1) is 17.5 Å². The van der Waals surface area contributed by atoms with E-state index >= 15 is 0 Å². The number of carbonyl (C=O) groups is 1. The van der Waals surface area contributed by atoms with Gasteiger partial charge in [0.25, 0.3) is 0 Å². The van der Waals surface area contributed by atoms with Crippen LogP contribution >= 0.6 is 23.4 Å². The number of amides is 1. The Morgan fingerprint density at radius 2 is 1.93 bits per heavy atom. The van der Waals surface area contributed by atoms with Crippen molar-refractivity contribution in [2.45, 2.75) is 18.1 Å². The van der Waals surface area contributed by atoms with Crippen LogP contribution in [0.25, 0.3) is 16.5 Å². The third kappa shape index (κ3) is 4.60. The van der Waals surface area contributed by atoms with Gasteiger partial charge in [0.15, 0.2) is 5.16 Å². The first-order valence-electron chi connectivity index (χ1n) is 9.17. The number of aromatic nitrogens is 3. The van der Waals surface area contributed by atoms with Crippen LogP contribution in [0.15, 0.2) is 78.2 Å². The predicted octanol–water partition coefficient (Wildman–Crippen LogP) is 5.04. The fourth-order valence-corrected chi connectivity index (χ4v) is 4.02. The lowest BCUT2D eigenvalue weighted by Gasteiger charge is -2.15. The Balaban J connectivity index is 1.39. The molecule has 3 aromatic carbocycles. The van der Waals surface area contributed by atoms with Crippen molar-refractivity contribution in [1.82, 2.24) is 20.1 Å². The fourth-order valence-electron chi connectivity index (χ4n) is 3.10. The Labute approximate surface area is 178 Å². The first-order chi connectivity index (χ1) is 14.1. The molecule has 0 spiro atoms. The van der Waals surface area contributed by atoms with Gasteiger partial charge >= 0.3 is 0 Å². The Morgan fingerprint density at radius 3 is 2.76 bits per heavy atom. The van der Waals surface area contributed by atoms with Gasteiger partial charge in [-0.05, 0) is 47.5 Å². The van der Waals surface area contributed by atoms with Crippen LogP contribution in [0, 0.1) is 0 Å². The van der Waals surface area contributed by atoms with Crippen LogP contribution in [0.3, 0.4) is 0 Å². The summed E-state index contributed by atoms with van der Waals surface area (Å²) in [5.41, 5.74) is 1.93. The highest BCUT2D eigenvalue weighted by Crippen LogP contribution is 2.23. The molecule has 0 radical (unpaired) electrons. The van der Waals surface area contributed by atoms with Gasteiger partial charge in [-0.15, -0.1) is 10.2 Å². The van der Waals surface area contributed by atoms with Crippen molar-refractivity contribution in [2.24, 2.45) is 0 Å². The molecule has 1 unspecified atom stereocenters. The van der Waals surface area contributed by atoms with Gasteiger partial charge in [-0.3, -0.25) is 9.36 Å². The third-order valence-electron chi connectivity index (χ3n) is 4.59. The van der Waals surface area contributed by atoms with Crippen molar-refractivity contribution < 1.29 is 4.79 Å². The van der Waals surface area contributed by atoms with Crippen molar-refractivity contribution >= 4 is 40.0 Å². The zero-order chi connectivity index (χ0) is 20.2. The number of thioether (sulfide) groups is 1. The molecule has 1 N–H and O–H groups in total. The maximum atomic E-state index is 12.5. The summed E-state index contributed by atoms with van der Waals surface area (Å²) in [6.07, 6.45) is 1.61. The van der Waals surface area contributed by atoms with Crippen LogP contribution < -0.4 is 5.32 Å². The number of nitrogens with zero attached hydrogens (tertiary/aromatic N) is 3. The van der Waals surface area contributed by atoms with Crippen molar-refractivity contribution in [3.63, 3.8) is 0 Å². The van der Waals surface area contributed by atoms with Gasteiger partial charge in [0.1, 0.15) is 6.33 Å². The van der Waals surface area contributed by atoms with Gasteiger partial charge in [-0.2, -0.15) is 0 Å². The number of nitrogens with one attached hydrogen (secondary N) is 1. The number of rotatable bonds is 6. The van der Waals surface area contributed by atoms with Crippen LogP contribution in [0.4, 0.5) is 0 Å². The zero-order valence-electron chi connectivity index (χ0n) is 15.7. The van der Waals surface area contributed by atoms with Gasteiger partial charge in [0, 0.05) is 5.02 Å². The molecule has 0 fully saturated rings. The van der Waals surface area contributed by atoms with Gasteiger partial charge < -0.3 is 5.32 Å². The van der Waals surface area contributed by atoms with E-state index in [-0.39, 0.29) is 17.7 Å². The molecule has 5 nitrogen and oxygen atoms in total. The molecular weight excluding hydrogens is 404 g/mol. The molecule has 1 aromatic heterocycles. The number of carbonyl (C=O) groups excluding carboxylic acids is 1. The van der Waals surface area contributed by atoms with Crippen LogP contribution in [-0.2, 0) is 4.79 Å². The number of hydrogen-bond acceptors (Lipinski definition) is 4. The second-order valence-electron chi connectivity index (χ2n) is 6.65. The minimum atomic E-state index is -0.0847. The highest BCUT2D eigenvalue weighted by molar-refractivity contribution is 7.99. The summed E-state index contributed by atoms with van der Waals surface area (Å²) >= 11 is 7.40. The molecule has 0 aliphatic rings. The molecule has 29 heavy (non-hydrogen) atoms. The quantitative estimate of drug-likeness (QED) is 0.442. The summed E-state index contributed by atoms with van der Waals surface area (Å²) in [5, 5.41) is 14.8. The smallest absolute Gasteiger partial charge is 0.230 e. The van der Waals surface area contributed by atoms with E-state index in [9.17, 15) is 4.79 Å². The lowest BCUT2D eigenvalue weighted by atomic mass is 10.0. The topological polar surface area (TPSA) is 59.8 Å². The molecule has 4 rings (SSSR count). The Bertz CT molecular complexity index is 1160. The maximum Gasteiger partial charge on any atom is 0.230 e. The fraction of sp³-hybridized carbons (Fsp3) is 0.136. The van der Waals surface area contributed by atoms with Crippen LogP contribution in [-0.4, -0.2) is 26.4 Å². The normalized spacial score (nSPS) is 12.1. The molecule has 0 saturated heterocycles. The summed E-state index contributed by atoms with van der Waals surface area (Å²) in [5.74, 6) is 0.188. The summed E-state index contributed by atoms with van der Waals surface area (Å²) in [6, 6.07) is 21.8. The Hall–Kier alpha value is -2.83. The monoisotopic (exact) mass is 422 g/mol. The van der Waals surface area contributed by atoms with Gasteiger partial charge in [0.2, 0.25) is 5.91 Å². The van der Waals surface area contributed by atoms with E-state index in [1.54, 1.807) is 6.33 Å². The van der Waals surface area contributed by atoms with Crippen molar-refractivity contribution in [2.75, 3.05) is 5.75 Å². The predicted molar refractivity (Wildman–Crippen MR) is 118 cm³/mol. The molecule has 7 heteroatoms. The number of fused-ring (bicyclic) bond motifs is 1. The largest absolute Gasteiger partial charge is 0.349 e. The van der Waals surface area contributed by atoms with E-state index in [0.717, 1.165) is 16.6 Å².